The van der Waals surface area contributed by atoms with Gasteiger partial charge >= 0.3 is 0 Å². The molecule has 4 heteroatoms. The zero-order valence-electron chi connectivity index (χ0n) is 12.0. The van der Waals surface area contributed by atoms with Crippen molar-refractivity contribution in [1.29, 1.82) is 0 Å². The van der Waals surface area contributed by atoms with E-state index < -0.39 is 0 Å². The predicted octanol–water partition coefficient (Wildman–Crippen LogP) is 2.80. The van der Waals surface area contributed by atoms with E-state index in [1.807, 2.05) is 24.3 Å². The zero-order valence-corrected chi connectivity index (χ0v) is 12.0. The monoisotopic (exact) mass is 264 g/mol. The molecule has 0 saturated carbocycles. The molecule has 4 nitrogen and oxygen atoms in total. The number of benzene rings is 1. The Kier molecular flexibility index (Phi) is 6.97. The number of rotatable bonds is 8. The van der Waals surface area contributed by atoms with Gasteiger partial charge in [-0.1, -0.05) is 26.8 Å². The molecule has 0 heterocycles. The van der Waals surface area contributed by atoms with Crippen LogP contribution in [0.1, 0.15) is 33.6 Å². The van der Waals surface area contributed by atoms with E-state index in [0.29, 0.717) is 25.6 Å². The van der Waals surface area contributed by atoms with Gasteiger partial charge in [0.25, 0.3) is 0 Å². The molecule has 0 aliphatic rings. The van der Waals surface area contributed by atoms with Crippen LogP contribution in [-0.4, -0.2) is 25.1 Å². The predicted molar refractivity (Wildman–Crippen MR) is 78.6 cm³/mol. The average Bonchev–Trinajstić information content (AvgIpc) is 2.36. The van der Waals surface area contributed by atoms with E-state index in [0.717, 1.165) is 17.9 Å². The van der Waals surface area contributed by atoms with Crippen molar-refractivity contribution >= 4 is 11.6 Å². The maximum absolute atomic E-state index is 11.7. The third-order valence-corrected chi connectivity index (χ3v) is 2.50. The number of carbonyl (C=O) groups excluding carboxylic acids is 1. The van der Waals surface area contributed by atoms with E-state index in [4.69, 9.17) is 4.74 Å². The standard InChI is InChI=1S/C15H24N2O2/c1-4-10-19-14-7-5-6-13(11-14)17-15(18)8-9-16-12(2)3/h5-7,11-12,16H,4,8-10H2,1-3H3,(H,17,18). The molecule has 1 aromatic rings. The normalized spacial score (nSPS) is 10.5. The molecule has 0 radical (unpaired) electrons. The van der Waals surface area contributed by atoms with Gasteiger partial charge in [-0.05, 0) is 18.6 Å². The molecule has 0 unspecified atom stereocenters. The number of hydrogen-bond acceptors (Lipinski definition) is 3. The topological polar surface area (TPSA) is 50.4 Å². The SMILES string of the molecule is CCCOc1cccc(NC(=O)CCNC(C)C)c1. The van der Waals surface area contributed by atoms with Gasteiger partial charge in [-0.2, -0.15) is 0 Å². The molecule has 0 aromatic heterocycles. The molecule has 0 bridgehead atoms. The summed E-state index contributed by atoms with van der Waals surface area (Å²) in [4.78, 5) is 11.7. The summed E-state index contributed by atoms with van der Waals surface area (Å²) in [5.74, 6) is 0.806. The van der Waals surface area contributed by atoms with E-state index in [1.54, 1.807) is 0 Å². The Labute approximate surface area is 115 Å². The Morgan fingerprint density at radius 1 is 1.37 bits per heavy atom. The van der Waals surface area contributed by atoms with Crippen LogP contribution in [-0.2, 0) is 4.79 Å². The Bertz CT molecular complexity index is 391. The molecule has 19 heavy (non-hydrogen) atoms. The van der Waals surface area contributed by atoms with Gasteiger partial charge in [-0.15, -0.1) is 0 Å². The first-order valence-electron chi connectivity index (χ1n) is 6.88. The van der Waals surface area contributed by atoms with Gasteiger partial charge < -0.3 is 15.4 Å². The molecule has 0 aliphatic carbocycles. The molecule has 0 spiro atoms. The van der Waals surface area contributed by atoms with Crippen LogP contribution in [0.2, 0.25) is 0 Å². The molecule has 1 aromatic carbocycles. The Morgan fingerprint density at radius 2 is 2.16 bits per heavy atom. The van der Waals surface area contributed by atoms with Crippen LogP contribution in [0.4, 0.5) is 5.69 Å². The van der Waals surface area contributed by atoms with Crippen LogP contribution in [0.3, 0.4) is 0 Å². The van der Waals surface area contributed by atoms with Crippen molar-refractivity contribution in [3.63, 3.8) is 0 Å². The number of anilines is 1. The molecule has 0 saturated heterocycles. The molecule has 0 fully saturated rings. The highest BCUT2D eigenvalue weighted by Crippen LogP contribution is 2.17. The largest absolute Gasteiger partial charge is 0.494 e. The second-order valence-corrected chi connectivity index (χ2v) is 4.78. The van der Waals surface area contributed by atoms with Gasteiger partial charge in [-0.25, -0.2) is 0 Å². The van der Waals surface area contributed by atoms with Crippen molar-refractivity contribution in [2.45, 2.75) is 39.7 Å². The van der Waals surface area contributed by atoms with E-state index in [9.17, 15) is 4.79 Å². The molecule has 0 aliphatic heterocycles. The van der Waals surface area contributed by atoms with E-state index in [2.05, 4.69) is 31.4 Å². The van der Waals surface area contributed by atoms with Gasteiger partial charge in [0.15, 0.2) is 0 Å². The molecular weight excluding hydrogens is 240 g/mol. The minimum absolute atomic E-state index is 0.0146. The van der Waals surface area contributed by atoms with Gasteiger partial charge in [0.05, 0.1) is 6.61 Å². The number of amides is 1. The van der Waals surface area contributed by atoms with Crippen molar-refractivity contribution in [2.75, 3.05) is 18.5 Å². The summed E-state index contributed by atoms with van der Waals surface area (Å²) in [5.41, 5.74) is 0.781. The van der Waals surface area contributed by atoms with Gasteiger partial charge in [0.1, 0.15) is 5.75 Å². The fourth-order valence-electron chi connectivity index (χ4n) is 1.58. The lowest BCUT2D eigenvalue weighted by Crippen LogP contribution is -2.27. The Hall–Kier alpha value is -1.55. The average molecular weight is 264 g/mol. The van der Waals surface area contributed by atoms with E-state index >= 15 is 0 Å². The van der Waals surface area contributed by atoms with Crippen molar-refractivity contribution < 1.29 is 9.53 Å². The second kappa shape index (κ2) is 8.53. The van der Waals surface area contributed by atoms with Crippen molar-refractivity contribution in [3.8, 4) is 5.75 Å². The molecule has 0 atom stereocenters. The lowest BCUT2D eigenvalue weighted by molar-refractivity contribution is -0.116. The fraction of sp³-hybridized carbons (Fsp3) is 0.533. The highest BCUT2D eigenvalue weighted by atomic mass is 16.5. The minimum Gasteiger partial charge on any atom is -0.494 e. The minimum atomic E-state index is 0.0146. The molecule has 1 amide bonds. The number of carbonyl (C=O) groups is 1. The lowest BCUT2D eigenvalue weighted by atomic mass is 10.3. The first-order valence-corrected chi connectivity index (χ1v) is 6.88. The van der Waals surface area contributed by atoms with Crippen LogP contribution in [0, 0.1) is 0 Å². The van der Waals surface area contributed by atoms with Crippen LogP contribution in [0.5, 0.6) is 5.75 Å². The fourth-order valence-corrected chi connectivity index (χ4v) is 1.58. The number of nitrogens with one attached hydrogen (secondary N) is 2. The smallest absolute Gasteiger partial charge is 0.225 e. The van der Waals surface area contributed by atoms with Gasteiger partial charge in [-0.3, -0.25) is 4.79 Å². The van der Waals surface area contributed by atoms with Crippen LogP contribution in [0.15, 0.2) is 24.3 Å². The third kappa shape index (κ3) is 6.82. The van der Waals surface area contributed by atoms with Crippen molar-refractivity contribution in [3.05, 3.63) is 24.3 Å². The second-order valence-electron chi connectivity index (χ2n) is 4.78. The van der Waals surface area contributed by atoms with Crippen molar-refractivity contribution in [1.82, 2.24) is 5.32 Å². The summed E-state index contributed by atoms with van der Waals surface area (Å²) >= 11 is 0. The van der Waals surface area contributed by atoms with Crippen LogP contribution >= 0.6 is 0 Å². The zero-order chi connectivity index (χ0) is 14.1. The third-order valence-electron chi connectivity index (χ3n) is 2.50. The first-order chi connectivity index (χ1) is 9.11. The van der Waals surface area contributed by atoms with Gasteiger partial charge in [0.2, 0.25) is 5.91 Å². The lowest BCUT2D eigenvalue weighted by Gasteiger charge is -2.10. The number of ether oxygens (including phenoxy) is 1. The number of hydrogen-bond donors (Lipinski definition) is 2. The summed E-state index contributed by atoms with van der Waals surface area (Å²) in [6.07, 6.45) is 1.44. The highest BCUT2D eigenvalue weighted by molar-refractivity contribution is 5.90. The van der Waals surface area contributed by atoms with Crippen LogP contribution in [0.25, 0.3) is 0 Å². The highest BCUT2D eigenvalue weighted by Gasteiger charge is 2.03. The summed E-state index contributed by atoms with van der Waals surface area (Å²) in [5, 5.41) is 6.09. The maximum atomic E-state index is 11.7. The first kappa shape index (κ1) is 15.5. The summed E-state index contributed by atoms with van der Waals surface area (Å²) in [6.45, 7) is 7.57. The summed E-state index contributed by atoms with van der Waals surface area (Å²) in [7, 11) is 0. The van der Waals surface area contributed by atoms with Gasteiger partial charge in [0, 0.05) is 30.8 Å². The molecule has 1 rings (SSSR count). The Morgan fingerprint density at radius 3 is 2.84 bits per heavy atom. The molecule has 2 N–H and O–H groups in total. The van der Waals surface area contributed by atoms with E-state index in [-0.39, 0.29) is 5.91 Å². The van der Waals surface area contributed by atoms with E-state index in [1.165, 1.54) is 0 Å². The summed E-state index contributed by atoms with van der Waals surface area (Å²) < 4.78 is 5.53. The summed E-state index contributed by atoms with van der Waals surface area (Å²) in [6, 6.07) is 7.90. The van der Waals surface area contributed by atoms with Crippen LogP contribution < -0.4 is 15.4 Å². The molecular formula is C15H24N2O2. The van der Waals surface area contributed by atoms with Crippen molar-refractivity contribution in [2.24, 2.45) is 0 Å². The Balaban J connectivity index is 2.40. The maximum Gasteiger partial charge on any atom is 0.225 e. The quantitative estimate of drug-likeness (QED) is 0.759. The molecule has 106 valence electrons.